The molecule has 5 heteroatoms. The van der Waals surface area contributed by atoms with Gasteiger partial charge in [-0.1, -0.05) is 48.5 Å². The number of rotatable bonds is 1. The van der Waals surface area contributed by atoms with E-state index in [0.29, 0.717) is 11.3 Å². The van der Waals surface area contributed by atoms with Crippen LogP contribution in [0.3, 0.4) is 0 Å². The first kappa shape index (κ1) is 15.9. The number of para-hydroxylation sites is 2. The number of hydrogen-bond acceptors (Lipinski definition) is 1. The Morgan fingerprint density at radius 3 is 2.33 bits per heavy atom. The minimum atomic E-state index is -4.40. The van der Waals surface area contributed by atoms with Crippen molar-refractivity contribution in [3.8, 4) is 11.3 Å². The third-order valence-electron chi connectivity index (χ3n) is 4.81. The molecule has 27 heavy (non-hydrogen) atoms. The van der Waals surface area contributed by atoms with Crippen LogP contribution >= 0.6 is 0 Å². The first-order valence-electron chi connectivity index (χ1n) is 8.49. The van der Waals surface area contributed by atoms with Gasteiger partial charge in [-0.3, -0.25) is 0 Å². The Kier molecular flexibility index (Phi) is 3.28. The van der Waals surface area contributed by atoms with Crippen molar-refractivity contribution >= 4 is 32.7 Å². The molecule has 0 aliphatic rings. The van der Waals surface area contributed by atoms with Crippen LogP contribution in [0, 0.1) is 0 Å². The minimum absolute atomic E-state index is 0.449. The highest BCUT2D eigenvalue weighted by Gasteiger charge is 2.30. The lowest BCUT2D eigenvalue weighted by Crippen LogP contribution is -2.04. The summed E-state index contributed by atoms with van der Waals surface area (Å²) in [6.45, 7) is 0. The zero-order valence-electron chi connectivity index (χ0n) is 14.0. The summed E-state index contributed by atoms with van der Waals surface area (Å²) in [7, 11) is 0. The highest BCUT2D eigenvalue weighted by atomic mass is 19.4. The molecule has 0 saturated heterocycles. The smallest absolute Gasteiger partial charge is 0.354 e. The largest absolute Gasteiger partial charge is 0.416 e. The van der Waals surface area contributed by atoms with Gasteiger partial charge in [0.25, 0.3) is 0 Å². The van der Waals surface area contributed by atoms with Crippen LogP contribution in [0.5, 0.6) is 0 Å². The van der Waals surface area contributed by atoms with Crippen molar-refractivity contribution in [1.82, 2.24) is 9.97 Å². The van der Waals surface area contributed by atoms with E-state index in [0.717, 1.165) is 44.8 Å². The van der Waals surface area contributed by atoms with Crippen LogP contribution in [0.1, 0.15) is 5.56 Å². The first-order chi connectivity index (χ1) is 13.0. The maximum Gasteiger partial charge on any atom is 0.416 e. The zero-order chi connectivity index (χ0) is 18.6. The Hall–Kier alpha value is -3.34. The molecule has 0 spiro atoms. The maximum absolute atomic E-state index is 13.2. The number of benzene rings is 3. The zero-order valence-corrected chi connectivity index (χ0v) is 14.0. The molecule has 0 unspecified atom stereocenters. The number of aromatic nitrogens is 2. The number of H-pyrrole nitrogens is 1. The molecule has 5 aromatic rings. The predicted octanol–water partition coefficient (Wildman–Crippen LogP) is 6.56. The third kappa shape index (κ3) is 2.46. The second-order valence-corrected chi connectivity index (χ2v) is 6.48. The average Bonchev–Trinajstić information content (AvgIpc) is 3.07. The van der Waals surface area contributed by atoms with E-state index in [4.69, 9.17) is 4.98 Å². The van der Waals surface area contributed by atoms with Gasteiger partial charge in [0.15, 0.2) is 0 Å². The van der Waals surface area contributed by atoms with Crippen LogP contribution in [0.2, 0.25) is 0 Å². The van der Waals surface area contributed by atoms with Gasteiger partial charge in [-0.25, -0.2) is 4.98 Å². The van der Waals surface area contributed by atoms with Crippen molar-refractivity contribution in [2.75, 3.05) is 0 Å². The molecule has 0 radical (unpaired) electrons. The van der Waals surface area contributed by atoms with Crippen LogP contribution < -0.4 is 0 Å². The van der Waals surface area contributed by atoms with Crippen LogP contribution in [0.4, 0.5) is 13.2 Å². The molecule has 0 bridgehead atoms. The van der Waals surface area contributed by atoms with Gasteiger partial charge in [0.05, 0.1) is 22.3 Å². The van der Waals surface area contributed by atoms with Crippen LogP contribution in [0.15, 0.2) is 72.8 Å². The molecule has 2 aromatic heterocycles. The average molecular weight is 362 g/mol. The molecular formula is C22H13F3N2. The fourth-order valence-electron chi connectivity index (χ4n) is 3.60. The summed E-state index contributed by atoms with van der Waals surface area (Å²) in [4.78, 5) is 8.15. The van der Waals surface area contributed by atoms with E-state index in [1.54, 1.807) is 6.07 Å². The second-order valence-electron chi connectivity index (χ2n) is 6.48. The topological polar surface area (TPSA) is 28.7 Å². The van der Waals surface area contributed by atoms with Gasteiger partial charge in [0.1, 0.15) is 0 Å². The summed E-state index contributed by atoms with van der Waals surface area (Å²) in [5.74, 6) is 0. The lowest BCUT2D eigenvalue weighted by molar-refractivity contribution is -0.137. The van der Waals surface area contributed by atoms with Crippen LogP contribution in [-0.4, -0.2) is 9.97 Å². The quantitative estimate of drug-likeness (QED) is 0.360. The van der Waals surface area contributed by atoms with E-state index in [1.807, 2.05) is 48.5 Å². The molecule has 2 heterocycles. The van der Waals surface area contributed by atoms with Gasteiger partial charge >= 0.3 is 6.18 Å². The minimum Gasteiger partial charge on any atom is -0.354 e. The van der Waals surface area contributed by atoms with Gasteiger partial charge in [0.2, 0.25) is 0 Å². The maximum atomic E-state index is 13.2. The Balaban J connectivity index is 1.94. The summed E-state index contributed by atoms with van der Waals surface area (Å²) in [5.41, 5.74) is 2.87. The fraction of sp³-hybridized carbons (Fsp3) is 0.0455. The summed E-state index contributed by atoms with van der Waals surface area (Å²) < 4.78 is 39.7. The van der Waals surface area contributed by atoms with Crippen LogP contribution in [-0.2, 0) is 6.18 Å². The molecule has 0 fully saturated rings. The Bertz CT molecular complexity index is 1320. The number of pyridine rings is 1. The summed E-state index contributed by atoms with van der Waals surface area (Å²) in [6, 6.07) is 20.8. The van der Waals surface area contributed by atoms with E-state index in [1.165, 1.54) is 6.07 Å². The first-order valence-corrected chi connectivity index (χ1v) is 8.49. The highest BCUT2D eigenvalue weighted by Crippen LogP contribution is 2.38. The van der Waals surface area contributed by atoms with E-state index >= 15 is 0 Å². The van der Waals surface area contributed by atoms with E-state index in [9.17, 15) is 13.2 Å². The highest BCUT2D eigenvalue weighted by molar-refractivity contribution is 6.20. The number of nitrogens with one attached hydrogen (secondary N) is 1. The molecular weight excluding hydrogens is 349 g/mol. The standard InChI is InChI=1S/C22H13F3N2/c23-22(24,25)14-7-5-6-13(12-14)20-19-15-8-1-3-10-17(15)27-21(19)16-9-2-4-11-18(16)26-20/h1-12,27H. The predicted molar refractivity (Wildman–Crippen MR) is 102 cm³/mol. The van der Waals surface area contributed by atoms with Gasteiger partial charge in [0, 0.05) is 27.2 Å². The Morgan fingerprint density at radius 2 is 1.52 bits per heavy atom. The number of halogens is 3. The number of hydrogen-bond donors (Lipinski definition) is 1. The monoisotopic (exact) mass is 362 g/mol. The van der Waals surface area contributed by atoms with Crippen molar-refractivity contribution in [2.24, 2.45) is 0 Å². The molecule has 5 rings (SSSR count). The molecule has 0 amide bonds. The number of alkyl halides is 3. The molecule has 1 N–H and O–H groups in total. The molecule has 2 nitrogen and oxygen atoms in total. The Labute approximate surface area is 152 Å². The van der Waals surface area contributed by atoms with Gasteiger partial charge in [-0.05, 0) is 24.3 Å². The summed E-state index contributed by atoms with van der Waals surface area (Å²) in [6.07, 6.45) is -4.40. The van der Waals surface area contributed by atoms with Crippen LogP contribution in [0.25, 0.3) is 44.0 Å². The van der Waals surface area contributed by atoms with Crippen molar-refractivity contribution in [3.05, 3.63) is 78.4 Å². The number of nitrogens with zero attached hydrogens (tertiary/aromatic N) is 1. The van der Waals surface area contributed by atoms with Gasteiger partial charge in [-0.15, -0.1) is 0 Å². The van der Waals surface area contributed by atoms with Gasteiger partial charge in [-0.2, -0.15) is 13.2 Å². The van der Waals surface area contributed by atoms with E-state index in [2.05, 4.69) is 4.98 Å². The fourth-order valence-corrected chi connectivity index (χ4v) is 3.60. The Morgan fingerprint density at radius 1 is 0.778 bits per heavy atom. The molecule has 0 aliphatic heterocycles. The summed E-state index contributed by atoms with van der Waals surface area (Å²) in [5, 5.41) is 2.72. The third-order valence-corrected chi connectivity index (χ3v) is 4.81. The molecule has 0 atom stereocenters. The van der Waals surface area contributed by atoms with Crippen molar-refractivity contribution in [2.45, 2.75) is 6.18 Å². The molecule has 132 valence electrons. The van der Waals surface area contributed by atoms with E-state index in [-0.39, 0.29) is 0 Å². The van der Waals surface area contributed by atoms with E-state index < -0.39 is 11.7 Å². The lowest BCUT2D eigenvalue weighted by Gasteiger charge is -2.11. The molecule has 0 saturated carbocycles. The second kappa shape index (κ2) is 5.58. The normalized spacial score (nSPS) is 12.3. The van der Waals surface area contributed by atoms with Crippen molar-refractivity contribution in [1.29, 1.82) is 0 Å². The van der Waals surface area contributed by atoms with Crippen molar-refractivity contribution in [3.63, 3.8) is 0 Å². The molecule has 0 aliphatic carbocycles. The van der Waals surface area contributed by atoms with Crippen molar-refractivity contribution < 1.29 is 13.2 Å². The summed E-state index contributed by atoms with van der Waals surface area (Å²) >= 11 is 0. The van der Waals surface area contributed by atoms with Gasteiger partial charge < -0.3 is 4.98 Å². The number of aromatic amines is 1. The molecule has 3 aromatic carbocycles. The lowest BCUT2D eigenvalue weighted by atomic mass is 10.0. The SMILES string of the molecule is FC(F)(F)c1cccc(-c2nc3ccccc3c3[nH]c4ccccc4c23)c1. The number of fused-ring (bicyclic) bond motifs is 5.